The highest BCUT2D eigenvalue weighted by molar-refractivity contribution is 7.89. The van der Waals surface area contributed by atoms with Crippen molar-refractivity contribution in [3.8, 4) is 0 Å². The Labute approximate surface area is 166 Å². The summed E-state index contributed by atoms with van der Waals surface area (Å²) in [6.07, 6.45) is -2.47. The lowest BCUT2D eigenvalue weighted by molar-refractivity contribution is -0.140. The van der Waals surface area contributed by atoms with Crippen LogP contribution < -0.4 is 5.73 Å². The smallest absolute Gasteiger partial charge is 0.368 e. The largest absolute Gasteiger partial charge is 0.417 e. The minimum Gasteiger partial charge on any atom is -0.368 e. The average molecular weight is 440 g/mol. The number of piperidine rings is 1. The van der Waals surface area contributed by atoms with E-state index in [0.717, 1.165) is 22.9 Å². The van der Waals surface area contributed by atoms with E-state index in [9.17, 15) is 26.4 Å². The average Bonchev–Trinajstić information content (AvgIpc) is 3.11. The van der Waals surface area contributed by atoms with Gasteiger partial charge in [-0.05, 0) is 50.4 Å². The summed E-state index contributed by atoms with van der Waals surface area (Å²) in [5.74, 6) is -0.400. The molecule has 1 atom stereocenters. The van der Waals surface area contributed by atoms with Gasteiger partial charge in [-0.25, -0.2) is 8.42 Å². The molecular weight excluding hydrogens is 419 g/mol. The van der Waals surface area contributed by atoms with Crippen molar-refractivity contribution in [2.24, 2.45) is 5.73 Å². The van der Waals surface area contributed by atoms with Crippen LogP contribution in [-0.2, 0) is 21.0 Å². The molecule has 1 aromatic carbocycles. The van der Waals surface area contributed by atoms with Crippen LogP contribution in [0.15, 0.2) is 23.1 Å². The van der Waals surface area contributed by atoms with Gasteiger partial charge in [-0.3, -0.25) is 9.69 Å². The molecule has 0 aliphatic carbocycles. The predicted octanol–water partition coefficient (Wildman–Crippen LogP) is 2.46. The standard InChI is InChI=1S/C17H21ClF3N3O3S/c18-11-3-4-15(13(10-11)17(19,20)21)28(26,27)23-8-5-12(6-9-23)24-7-1-2-14(24)16(22)25/h3-4,10,12,14H,1-2,5-9H2,(H2,22,25). The van der Waals surface area contributed by atoms with Gasteiger partial charge < -0.3 is 5.73 Å². The summed E-state index contributed by atoms with van der Waals surface area (Å²) in [4.78, 5) is 12.8. The van der Waals surface area contributed by atoms with Crippen molar-refractivity contribution in [1.29, 1.82) is 0 Å². The van der Waals surface area contributed by atoms with Gasteiger partial charge in [0.1, 0.15) is 0 Å². The molecule has 2 fully saturated rings. The number of rotatable bonds is 4. The Morgan fingerprint density at radius 1 is 1.14 bits per heavy atom. The van der Waals surface area contributed by atoms with E-state index in [-0.39, 0.29) is 30.2 Å². The fraction of sp³-hybridized carbons (Fsp3) is 0.588. The first-order valence-corrected chi connectivity index (χ1v) is 10.8. The maximum Gasteiger partial charge on any atom is 0.417 e. The van der Waals surface area contributed by atoms with Gasteiger partial charge in [-0.2, -0.15) is 17.5 Å². The van der Waals surface area contributed by atoms with Gasteiger partial charge in [0.25, 0.3) is 0 Å². The molecule has 0 saturated carbocycles. The molecule has 2 saturated heterocycles. The summed E-state index contributed by atoms with van der Waals surface area (Å²) < 4.78 is 66.7. The molecule has 1 unspecified atom stereocenters. The number of likely N-dealkylation sites (tertiary alicyclic amines) is 1. The van der Waals surface area contributed by atoms with E-state index in [2.05, 4.69) is 0 Å². The van der Waals surface area contributed by atoms with E-state index in [1.165, 1.54) is 0 Å². The third kappa shape index (κ3) is 4.14. The molecule has 1 aromatic rings. The zero-order chi connectivity index (χ0) is 20.7. The van der Waals surface area contributed by atoms with Crippen LogP contribution in [0.5, 0.6) is 0 Å². The summed E-state index contributed by atoms with van der Waals surface area (Å²) in [7, 11) is -4.32. The highest BCUT2D eigenvalue weighted by atomic mass is 35.5. The quantitative estimate of drug-likeness (QED) is 0.781. The van der Waals surface area contributed by atoms with Gasteiger partial charge in [0.15, 0.2) is 0 Å². The topological polar surface area (TPSA) is 83.7 Å². The van der Waals surface area contributed by atoms with Crippen molar-refractivity contribution in [3.63, 3.8) is 0 Å². The van der Waals surface area contributed by atoms with Gasteiger partial charge in [0.2, 0.25) is 15.9 Å². The number of hydrogen-bond donors (Lipinski definition) is 1. The number of nitrogens with zero attached hydrogens (tertiary/aromatic N) is 2. The van der Waals surface area contributed by atoms with E-state index >= 15 is 0 Å². The van der Waals surface area contributed by atoms with Gasteiger partial charge in [-0.1, -0.05) is 11.6 Å². The number of alkyl halides is 3. The molecule has 0 spiro atoms. The number of sulfonamides is 1. The van der Waals surface area contributed by atoms with Gasteiger partial charge in [0.05, 0.1) is 16.5 Å². The molecule has 2 heterocycles. The fourth-order valence-corrected chi connectivity index (χ4v) is 5.87. The number of primary amides is 1. The Kier molecular flexibility index (Phi) is 5.96. The first kappa shape index (κ1) is 21.4. The Bertz CT molecular complexity index is 855. The Morgan fingerprint density at radius 2 is 1.79 bits per heavy atom. The maximum atomic E-state index is 13.3. The summed E-state index contributed by atoms with van der Waals surface area (Å²) >= 11 is 5.64. The number of carbonyl (C=O) groups is 1. The monoisotopic (exact) mass is 439 g/mol. The minimum absolute atomic E-state index is 0.0150. The van der Waals surface area contributed by atoms with E-state index in [1.807, 2.05) is 4.90 Å². The number of nitrogens with two attached hydrogens (primary N) is 1. The summed E-state index contributed by atoms with van der Waals surface area (Å²) in [5, 5.41) is -0.184. The summed E-state index contributed by atoms with van der Waals surface area (Å²) in [6, 6.07) is 2.29. The molecule has 156 valence electrons. The molecule has 2 N–H and O–H groups in total. The SMILES string of the molecule is NC(=O)C1CCCN1C1CCN(S(=O)(=O)c2ccc(Cl)cc2C(F)(F)F)CC1. The van der Waals surface area contributed by atoms with E-state index in [0.29, 0.717) is 31.9 Å². The zero-order valence-corrected chi connectivity index (χ0v) is 16.5. The van der Waals surface area contributed by atoms with Crippen molar-refractivity contribution in [2.75, 3.05) is 19.6 Å². The van der Waals surface area contributed by atoms with Crippen LogP contribution in [0.25, 0.3) is 0 Å². The second-order valence-electron chi connectivity index (χ2n) is 7.07. The molecule has 28 heavy (non-hydrogen) atoms. The van der Waals surface area contributed by atoms with Gasteiger partial charge in [-0.15, -0.1) is 0 Å². The van der Waals surface area contributed by atoms with Crippen LogP contribution in [0.1, 0.15) is 31.2 Å². The fourth-order valence-electron chi connectivity index (χ4n) is 4.03. The number of benzene rings is 1. The molecule has 2 aliphatic rings. The molecular formula is C17H21ClF3N3O3S. The highest BCUT2D eigenvalue weighted by Crippen LogP contribution is 2.37. The van der Waals surface area contributed by atoms with E-state index in [4.69, 9.17) is 17.3 Å². The highest BCUT2D eigenvalue weighted by Gasteiger charge is 2.42. The molecule has 6 nitrogen and oxygen atoms in total. The normalized spacial score (nSPS) is 23.2. The number of hydrogen-bond acceptors (Lipinski definition) is 4. The molecule has 2 aliphatic heterocycles. The number of amides is 1. The molecule has 0 aromatic heterocycles. The lowest BCUT2D eigenvalue weighted by atomic mass is 10.0. The van der Waals surface area contributed by atoms with Gasteiger partial charge >= 0.3 is 6.18 Å². The van der Waals surface area contributed by atoms with Crippen molar-refractivity contribution in [1.82, 2.24) is 9.21 Å². The van der Waals surface area contributed by atoms with Crippen molar-refractivity contribution in [2.45, 2.75) is 48.8 Å². The van der Waals surface area contributed by atoms with Gasteiger partial charge in [0, 0.05) is 24.2 Å². The molecule has 3 rings (SSSR count). The van der Waals surface area contributed by atoms with Crippen LogP contribution in [0.4, 0.5) is 13.2 Å². The predicted molar refractivity (Wildman–Crippen MR) is 97.2 cm³/mol. The van der Waals surface area contributed by atoms with Crippen molar-refractivity contribution >= 4 is 27.5 Å². The minimum atomic E-state index is -4.84. The molecule has 0 radical (unpaired) electrons. The van der Waals surface area contributed by atoms with E-state index < -0.39 is 32.6 Å². The molecule has 1 amide bonds. The number of halogens is 4. The second-order valence-corrected chi connectivity index (χ2v) is 9.41. The van der Waals surface area contributed by atoms with Crippen LogP contribution in [-0.4, -0.2) is 55.2 Å². The second kappa shape index (κ2) is 7.81. The Balaban J connectivity index is 1.78. The zero-order valence-electron chi connectivity index (χ0n) is 15.0. The van der Waals surface area contributed by atoms with Crippen LogP contribution in [0, 0.1) is 0 Å². The lowest BCUT2D eigenvalue weighted by Crippen LogP contribution is -2.51. The third-order valence-corrected chi connectivity index (χ3v) is 7.57. The Morgan fingerprint density at radius 3 is 2.36 bits per heavy atom. The summed E-state index contributed by atoms with van der Waals surface area (Å²) in [5.41, 5.74) is 4.16. The first-order chi connectivity index (χ1) is 13.0. The van der Waals surface area contributed by atoms with Crippen molar-refractivity contribution < 1.29 is 26.4 Å². The molecule has 11 heteroatoms. The first-order valence-electron chi connectivity index (χ1n) is 8.94. The summed E-state index contributed by atoms with van der Waals surface area (Å²) in [6.45, 7) is 0.865. The Hall–Kier alpha value is -1.36. The third-order valence-electron chi connectivity index (χ3n) is 5.38. The maximum absolute atomic E-state index is 13.3. The van der Waals surface area contributed by atoms with Crippen LogP contribution in [0.2, 0.25) is 5.02 Å². The molecule has 0 bridgehead atoms. The lowest BCUT2D eigenvalue weighted by Gasteiger charge is -2.38. The van der Waals surface area contributed by atoms with Crippen LogP contribution >= 0.6 is 11.6 Å². The number of carbonyl (C=O) groups excluding carboxylic acids is 1. The van der Waals surface area contributed by atoms with Crippen LogP contribution in [0.3, 0.4) is 0 Å². The van der Waals surface area contributed by atoms with E-state index in [1.54, 1.807) is 0 Å². The van der Waals surface area contributed by atoms with Crippen molar-refractivity contribution in [3.05, 3.63) is 28.8 Å².